The Labute approximate surface area is 123 Å². The van der Waals surface area contributed by atoms with Crippen LogP contribution in [0.3, 0.4) is 0 Å². The molecule has 0 radical (unpaired) electrons. The molecule has 0 aliphatic rings. The van der Waals surface area contributed by atoms with Gasteiger partial charge in [0, 0.05) is 16.8 Å². The molecule has 3 N–H and O–H groups in total. The molecule has 112 valence electrons. The molecule has 0 unspecified atom stereocenters. The van der Waals surface area contributed by atoms with Crippen LogP contribution in [0.4, 0.5) is 0 Å². The Kier molecular flexibility index (Phi) is 4.16. The average Bonchev–Trinajstić information content (AvgIpc) is 2.73. The fraction of sp³-hybridized carbons (Fsp3) is 0.333. The molecule has 0 fully saturated rings. The highest BCUT2D eigenvalue weighted by atomic mass is 16.5. The Morgan fingerprint density at radius 1 is 1.38 bits per heavy atom. The number of aryl methyl sites for hydroxylation is 1. The molecule has 0 spiro atoms. The summed E-state index contributed by atoms with van der Waals surface area (Å²) < 4.78 is 7.31. The largest absolute Gasteiger partial charge is 0.496 e. The molecule has 6 heteroatoms. The topological polar surface area (TPSA) is 85.7 Å². The molecule has 21 heavy (non-hydrogen) atoms. The summed E-state index contributed by atoms with van der Waals surface area (Å²) in [6.45, 7) is 6.65. The van der Waals surface area contributed by atoms with E-state index in [1.54, 1.807) is 19.2 Å². The predicted octanol–water partition coefficient (Wildman–Crippen LogP) is 1.96. The number of oxime groups is 1. The van der Waals surface area contributed by atoms with Gasteiger partial charge in [0.2, 0.25) is 0 Å². The van der Waals surface area contributed by atoms with Crippen molar-refractivity contribution in [2.45, 2.75) is 27.3 Å². The van der Waals surface area contributed by atoms with Crippen molar-refractivity contribution in [1.82, 2.24) is 9.78 Å². The Morgan fingerprint density at radius 2 is 2.10 bits per heavy atom. The van der Waals surface area contributed by atoms with Crippen LogP contribution in [0, 0.1) is 20.8 Å². The number of benzene rings is 1. The highest BCUT2D eigenvalue weighted by Gasteiger charge is 2.12. The molecular weight excluding hydrogens is 268 g/mol. The molecule has 2 rings (SSSR count). The van der Waals surface area contributed by atoms with E-state index in [1.165, 1.54) is 5.56 Å². The number of rotatable bonds is 4. The number of nitrogens with zero attached hydrogens (tertiary/aromatic N) is 3. The summed E-state index contributed by atoms with van der Waals surface area (Å²) in [5.41, 5.74) is 10.5. The molecule has 1 aromatic heterocycles. The van der Waals surface area contributed by atoms with Gasteiger partial charge in [-0.15, -0.1) is 0 Å². The van der Waals surface area contributed by atoms with Gasteiger partial charge in [-0.05, 0) is 44.5 Å². The maximum Gasteiger partial charge on any atom is 0.170 e. The van der Waals surface area contributed by atoms with E-state index in [9.17, 15) is 0 Å². The van der Waals surface area contributed by atoms with Crippen molar-refractivity contribution in [3.05, 3.63) is 46.3 Å². The van der Waals surface area contributed by atoms with Gasteiger partial charge >= 0.3 is 0 Å². The second-order valence-electron chi connectivity index (χ2n) is 4.97. The van der Waals surface area contributed by atoms with Crippen LogP contribution < -0.4 is 10.5 Å². The second kappa shape index (κ2) is 5.87. The molecule has 1 heterocycles. The van der Waals surface area contributed by atoms with Crippen LogP contribution in [0.15, 0.2) is 23.4 Å². The zero-order valence-electron chi connectivity index (χ0n) is 12.7. The highest BCUT2D eigenvalue weighted by Crippen LogP contribution is 2.22. The quantitative estimate of drug-likeness (QED) is 0.390. The summed E-state index contributed by atoms with van der Waals surface area (Å²) in [5, 5.41) is 16.3. The van der Waals surface area contributed by atoms with Crippen molar-refractivity contribution in [2.75, 3.05) is 7.11 Å². The second-order valence-corrected chi connectivity index (χ2v) is 4.97. The van der Waals surface area contributed by atoms with Gasteiger partial charge in [-0.25, -0.2) is 0 Å². The van der Waals surface area contributed by atoms with E-state index >= 15 is 0 Å². The Morgan fingerprint density at radius 3 is 2.62 bits per heavy atom. The number of hydrogen-bond donors (Lipinski definition) is 2. The number of ether oxygens (including phenoxy) is 1. The summed E-state index contributed by atoms with van der Waals surface area (Å²) in [6.07, 6.45) is 0. The minimum Gasteiger partial charge on any atom is -0.496 e. The third-order valence-corrected chi connectivity index (χ3v) is 3.75. The van der Waals surface area contributed by atoms with E-state index in [0.717, 1.165) is 22.7 Å². The minimum atomic E-state index is 0.0726. The molecule has 0 atom stereocenters. The molecule has 0 aliphatic carbocycles. The number of aromatic nitrogens is 2. The molecule has 6 nitrogen and oxygen atoms in total. The van der Waals surface area contributed by atoms with Crippen molar-refractivity contribution < 1.29 is 9.94 Å². The Balaban J connectivity index is 2.44. The molecule has 0 bridgehead atoms. The number of methoxy groups -OCH3 is 1. The van der Waals surface area contributed by atoms with Crippen LogP contribution in [0.1, 0.15) is 28.1 Å². The third kappa shape index (κ3) is 2.84. The third-order valence-electron chi connectivity index (χ3n) is 3.75. The molecular formula is C15H20N4O2. The van der Waals surface area contributed by atoms with E-state index in [1.807, 2.05) is 24.6 Å². The molecule has 0 aliphatic heterocycles. The SMILES string of the molecule is COc1ccc(/C(N)=N/O)cc1Cn1nc(C)c(C)c1C. The van der Waals surface area contributed by atoms with Crippen LogP contribution in [0.5, 0.6) is 5.75 Å². The van der Waals surface area contributed by atoms with Crippen LogP contribution >= 0.6 is 0 Å². The zero-order valence-corrected chi connectivity index (χ0v) is 12.7. The lowest BCUT2D eigenvalue weighted by molar-refractivity contribution is 0.318. The summed E-state index contributed by atoms with van der Waals surface area (Å²) in [4.78, 5) is 0. The maximum atomic E-state index is 8.79. The molecule has 0 amide bonds. The van der Waals surface area contributed by atoms with E-state index in [0.29, 0.717) is 12.1 Å². The van der Waals surface area contributed by atoms with Crippen molar-refractivity contribution in [1.29, 1.82) is 0 Å². The van der Waals surface area contributed by atoms with Crippen molar-refractivity contribution in [2.24, 2.45) is 10.9 Å². The molecule has 1 aromatic carbocycles. The number of hydrogen-bond acceptors (Lipinski definition) is 4. The lowest BCUT2D eigenvalue weighted by Crippen LogP contribution is -2.14. The van der Waals surface area contributed by atoms with Crippen LogP contribution in [-0.4, -0.2) is 27.9 Å². The lowest BCUT2D eigenvalue weighted by Gasteiger charge is -2.12. The standard InChI is InChI=1S/C15H20N4O2/c1-9-10(2)17-19(11(9)3)8-13-7-12(15(16)18-20)5-6-14(13)21-4/h5-7,20H,8H2,1-4H3,(H2,16,18). The van der Waals surface area contributed by atoms with Gasteiger partial charge in [0.15, 0.2) is 5.84 Å². The smallest absolute Gasteiger partial charge is 0.170 e. The maximum absolute atomic E-state index is 8.79. The van der Waals surface area contributed by atoms with Gasteiger partial charge in [-0.1, -0.05) is 5.16 Å². The average molecular weight is 288 g/mol. The Hall–Kier alpha value is -2.50. The van der Waals surface area contributed by atoms with E-state index in [2.05, 4.69) is 17.2 Å². The molecule has 0 saturated carbocycles. The van der Waals surface area contributed by atoms with Gasteiger partial charge in [0.25, 0.3) is 0 Å². The van der Waals surface area contributed by atoms with Gasteiger partial charge < -0.3 is 15.7 Å². The normalized spacial score (nSPS) is 11.7. The summed E-state index contributed by atoms with van der Waals surface area (Å²) in [7, 11) is 1.62. The fourth-order valence-electron chi connectivity index (χ4n) is 2.22. The first-order valence-electron chi connectivity index (χ1n) is 6.63. The first kappa shape index (κ1) is 14.9. The highest BCUT2D eigenvalue weighted by molar-refractivity contribution is 5.97. The van der Waals surface area contributed by atoms with Crippen LogP contribution in [0.2, 0.25) is 0 Å². The van der Waals surface area contributed by atoms with Gasteiger partial charge in [0.05, 0.1) is 19.3 Å². The first-order chi connectivity index (χ1) is 9.97. The van der Waals surface area contributed by atoms with Crippen molar-refractivity contribution in [3.8, 4) is 5.75 Å². The van der Waals surface area contributed by atoms with Gasteiger partial charge in [0.1, 0.15) is 5.75 Å². The van der Waals surface area contributed by atoms with Crippen molar-refractivity contribution >= 4 is 5.84 Å². The molecule has 2 aromatic rings. The monoisotopic (exact) mass is 288 g/mol. The minimum absolute atomic E-state index is 0.0726. The Bertz CT molecular complexity index is 689. The molecule has 0 saturated heterocycles. The van der Waals surface area contributed by atoms with Gasteiger partial charge in [-0.2, -0.15) is 5.10 Å². The predicted molar refractivity (Wildman–Crippen MR) is 81.0 cm³/mol. The summed E-state index contributed by atoms with van der Waals surface area (Å²) in [6, 6.07) is 5.41. The van der Waals surface area contributed by atoms with E-state index < -0.39 is 0 Å². The zero-order chi connectivity index (χ0) is 15.6. The van der Waals surface area contributed by atoms with Gasteiger partial charge in [-0.3, -0.25) is 4.68 Å². The van der Waals surface area contributed by atoms with E-state index in [-0.39, 0.29) is 5.84 Å². The fourth-order valence-corrected chi connectivity index (χ4v) is 2.22. The lowest BCUT2D eigenvalue weighted by atomic mass is 10.1. The number of nitrogens with two attached hydrogens (primary N) is 1. The van der Waals surface area contributed by atoms with Crippen LogP contribution in [-0.2, 0) is 6.54 Å². The number of amidine groups is 1. The summed E-state index contributed by atoms with van der Waals surface area (Å²) in [5.74, 6) is 0.818. The van der Waals surface area contributed by atoms with Crippen LogP contribution in [0.25, 0.3) is 0 Å². The van der Waals surface area contributed by atoms with E-state index in [4.69, 9.17) is 15.7 Å². The first-order valence-corrected chi connectivity index (χ1v) is 6.63. The summed E-state index contributed by atoms with van der Waals surface area (Å²) >= 11 is 0. The van der Waals surface area contributed by atoms with Crippen molar-refractivity contribution in [3.63, 3.8) is 0 Å².